The number of aliphatic imine (C=N–C) groups is 1. The number of carbonyl (C=O) groups excluding carboxylic acids is 1. The van der Waals surface area contributed by atoms with Crippen LogP contribution in [-0.4, -0.2) is 32.5 Å². The van der Waals surface area contributed by atoms with Crippen LogP contribution in [0.1, 0.15) is 21.5 Å². The summed E-state index contributed by atoms with van der Waals surface area (Å²) in [6.45, 7) is 1.13. The molecule has 2 aromatic rings. The first-order valence-corrected chi connectivity index (χ1v) is 8.60. The lowest BCUT2D eigenvalue weighted by molar-refractivity contribution is 0.0963. The van der Waals surface area contributed by atoms with Gasteiger partial charge in [-0.15, -0.1) is 0 Å². The van der Waals surface area contributed by atoms with Crippen LogP contribution in [0.5, 0.6) is 0 Å². The molecule has 2 rings (SSSR count). The van der Waals surface area contributed by atoms with E-state index in [-0.39, 0.29) is 10.9 Å². The molecule has 0 bridgehead atoms. The number of hydrogen-bond acceptors (Lipinski definition) is 2. The molecular weight excluding hydrogens is 355 g/mol. The molecule has 0 aromatic heterocycles. The van der Waals surface area contributed by atoms with E-state index in [4.69, 9.17) is 11.6 Å². The summed E-state index contributed by atoms with van der Waals surface area (Å²) in [5.74, 6) is 0.0973. The van der Waals surface area contributed by atoms with Gasteiger partial charge in [0.15, 0.2) is 5.96 Å². The molecule has 0 atom stereocenters. The molecule has 3 N–H and O–H groups in total. The first-order chi connectivity index (χ1) is 12.5. The van der Waals surface area contributed by atoms with Gasteiger partial charge in [-0.3, -0.25) is 9.79 Å². The maximum atomic E-state index is 13.2. The van der Waals surface area contributed by atoms with Crippen LogP contribution < -0.4 is 16.0 Å². The maximum Gasteiger partial charge on any atom is 0.251 e. The second-order valence-corrected chi connectivity index (χ2v) is 6.04. The number of hydrogen-bond donors (Lipinski definition) is 3. The van der Waals surface area contributed by atoms with Crippen LogP contribution in [0, 0.1) is 5.82 Å². The Morgan fingerprint density at radius 3 is 2.65 bits per heavy atom. The molecule has 5 nitrogen and oxygen atoms in total. The van der Waals surface area contributed by atoms with Crippen LogP contribution in [0.3, 0.4) is 0 Å². The van der Waals surface area contributed by atoms with Crippen molar-refractivity contribution in [1.29, 1.82) is 0 Å². The van der Waals surface area contributed by atoms with Crippen LogP contribution in [-0.2, 0) is 13.0 Å². The fourth-order valence-corrected chi connectivity index (χ4v) is 2.60. The van der Waals surface area contributed by atoms with E-state index < -0.39 is 5.82 Å². The molecule has 26 heavy (non-hydrogen) atoms. The Morgan fingerprint density at radius 2 is 1.96 bits per heavy atom. The van der Waals surface area contributed by atoms with Crippen molar-refractivity contribution >= 4 is 23.5 Å². The summed E-state index contributed by atoms with van der Waals surface area (Å²) in [5, 5.41) is 9.07. The van der Waals surface area contributed by atoms with E-state index >= 15 is 0 Å². The molecule has 2 aromatic carbocycles. The molecule has 0 saturated carbocycles. The van der Waals surface area contributed by atoms with Crippen molar-refractivity contribution in [3.63, 3.8) is 0 Å². The lowest BCUT2D eigenvalue weighted by Crippen LogP contribution is -2.37. The molecule has 0 aliphatic rings. The highest BCUT2D eigenvalue weighted by Crippen LogP contribution is 2.15. The number of guanidine groups is 1. The average molecular weight is 377 g/mol. The summed E-state index contributed by atoms with van der Waals surface area (Å²) in [6, 6.07) is 12.1. The van der Waals surface area contributed by atoms with Gasteiger partial charge < -0.3 is 16.0 Å². The van der Waals surface area contributed by atoms with E-state index in [1.807, 2.05) is 18.2 Å². The van der Waals surface area contributed by atoms with Gasteiger partial charge in [-0.05, 0) is 41.8 Å². The summed E-state index contributed by atoms with van der Waals surface area (Å²) in [6.07, 6.45) is 0.744. The van der Waals surface area contributed by atoms with Crippen molar-refractivity contribution in [1.82, 2.24) is 16.0 Å². The summed E-state index contributed by atoms with van der Waals surface area (Å²) in [5.41, 5.74) is 2.55. The van der Waals surface area contributed by atoms with Gasteiger partial charge in [0.1, 0.15) is 5.82 Å². The van der Waals surface area contributed by atoms with Gasteiger partial charge in [-0.1, -0.05) is 29.8 Å². The minimum atomic E-state index is -0.433. The molecule has 1 amide bonds. The van der Waals surface area contributed by atoms with Gasteiger partial charge in [-0.2, -0.15) is 0 Å². The van der Waals surface area contributed by atoms with Crippen molar-refractivity contribution in [2.45, 2.75) is 13.0 Å². The van der Waals surface area contributed by atoms with E-state index in [0.717, 1.165) is 17.5 Å². The lowest BCUT2D eigenvalue weighted by Gasteiger charge is -2.12. The number of nitrogens with one attached hydrogen (secondary N) is 3. The van der Waals surface area contributed by atoms with E-state index in [9.17, 15) is 9.18 Å². The van der Waals surface area contributed by atoms with E-state index in [1.165, 1.54) is 6.07 Å². The third kappa shape index (κ3) is 5.74. The van der Waals surface area contributed by atoms with Crippen molar-refractivity contribution in [3.8, 4) is 0 Å². The molecule has 0 heterocycles. The quantitative estimate of drug-likeness (QED) is 0.536. The Kier molecular flexibility index (Phi) is 7.41. The van der Waals surface area contributed by atoms with Gasteiger partial charge in [0.05, 0.1) is 5.02 Å². The second-order valence-electron chi connectivity index (χ2n) is 5.63. The molecule has 0 spiro atoms. The average Bonchev–Trinajstić information content (AvgIpc) is 2.66. The number of rotatable bonds is 6. The Balaban J connectivity index is 1.83. The number of halogens is 2. The Morgan fingerprint density at radius 1 is 1.15 bits per heavy atom. The zero-order valence-corrected chi connectivity index (χ0v) is 15.5. The van der Waals surface area contributed by atoms with Crippen molar-refractivity contribution < 1.29 is 9.18 Å². The van der Waals surface area contributed by atoms with Crippen molar-refractivity contribution in [3.05, 3.63) is 70.0 Å². The van der Waals surface area contributed by atoms with Crippen LogP contribution in [0.15, 0.2) is 47.5 Å². The highest BCUT2D eigenvalue weighted by atomic mass is 35.5. The number of benzene rings is 2. The Hall–Kier alpha value is -2.60. The standard InChI is InChI=1S/C19H22ClFN4O/c1-22-18(26)15-5-3-4-13(10-15)8-9-24-19(23-2)25-12-14-6-7-17(21)16(20)11-14/h3-7,10-11H,8-9,12H2,1-2H3,(H,22,26)(H2,23,24,25). The highest BCUT2D eigenvalue weighted by molar-refractivity contribution is 6.30. The predicted octanol–water partition coefficient (Wildman–Crippen LogP) is 2.75. The fourth-order valence-electron chi connectivity index (χ4n) is 2.39. The van der Waals surface area contributed by atoms with Crippen LogP contribution in [0.25, 0.3) is 0 Å². The number of nitrogens with zero attached hydrogens (tertiary/aromatic N) is 1. The molecular formula is C19H22ClFN4O. The van der Waals surface area contributed by atoms with Gasteiger partial charge in [0.2, 0.25) is 0 Å². The third-order valence-corrected chi connectivity index (χ3v) is 4.08. The number of amides is 1. The van der Waals surface area contributed by atoms with Crippen LogP contribution in [0.4, 0.5) is 4.39 Å². The monoisotopic (exact) mass is 376 g/mol. The topological polar surface area (TPSA) is 65.5 Å². The summed E-state index contributed by atoms with van der Waals surface area (Å²) in [7, 11) is 3.29. The lowest BCUT2D eigenvalue weighted by atomic mass is 10.1. The SMILES string of the molecule is CN=C(NCCc1cccc(C(=O)NC)c1)NCc1ccc(F)c(Cl)c1. The summed E-state index contributed by atoms with van der Waals surface area (Å²) < 4.78 is 13.2. The molecule has 138 valence electrons. The molecule has 0 radical (unpaired) electrons. The van der Waals surface area contributed by atoms with Gasteiger partial charge >= 0.3 is 0 Å². The number of carbonyl (C=O) groups is 1. The van der Waals surface area contributed by atoms with Crippen LogP contribution in [0.2, 0.25) is 5.02 Å². The first kappa shape index (κ1) is 19.7. The summed E-state index contributed by atoms with van der Waals surface area (Å²) in [4.78, 5) is 15.8. The maximum absolute atomic E-state index is 13.2. The molecule has 0 aliphatic carbocycles. The second kappa shape index (κ2) is 9.77. The zero-order valence-electron chi connectivity index (χ0n) is 14.8. The molecule has 0 fully saturated rings. The molecule has 7 heteroatoms. The third-order valence-electron chi connectivity index (χ3n) is 3.79. The minimum Gasteiger partial charge on any atom is -0.356 e. The van der Waals surface area contributed by atoms with Gasteiger partial charge in [0.25, 0.3) is 5.91 Å². The van der Waals surface area contributed by atoms with Gasteiger partial charge in [-0.25, -0.2) is 4.39 Å². The fraction of sp³-hybridized carbons (Fsp3) is 0.263. The van der Waals surface area contributed by atoms with E-state index in [0.29, 0.717) is 24.6 Å². The first-order valence-electron chi connectivity index (χ1n) is 8.23. The summed E-state index contributed by atoms with van der Waals surface area (Å²) >= 11 is 5.78. The van der Waals surface area contributed by atoms with Gasteiger partial charge in [0, 0.05) is 32.7 Å². The predicted molar refractivity (Wildman–Crippen MR) is 103 cm³/mol. The Labute approximate surface area is 157 Å². The zero-order chi connectivity index (χ0) is 18.9. The minimum absolute atomic E-state index is 0.100. The smallest absolute Gasteiger partial charge is 0.251 e. The van der Waals surface area contributed by atoms with Crippen molar-refractivity contribution in [2.75, 3.05) is 20.6 Å². The highest BCUT2D eigenvalue weighted by Gasteiger charge is 2.05. The van der Waals surface area contributed by atoms with Crippen molar-refractivity contribution in [2.24, 2.45) is 4.99 Å². The van der Waals surface area contributed by atoms with Crippen LogP contribution >= 0.6 is 11.6 Å². The molecule has 0 unspecified atom stereocenters. The van der Waals surface area contributed by atoms with E-state index in [1.54, 1.807) is 32.3 Å². The normalized spacial score (nSPS) is 11.2. The molecule has 0 aliphatic heterocycles. The largest absolute Gasteiger partial charge is 0.356 e. The molecule has 0 saturated heterocycles. The Bertz CT molecular complexity index is 795. The van der Waals surface area contributed by atoms with E-state index in [2.05, 4.69) is 20.9 Å².